The molecule has 0 bridgehead atoms. The number of amides is 1. The number of alkyl halides is 3. The molecule has 0 unspecified atom stereocenters. The van der Waals surface area contributed by atoms with Gasteiger partial charge in [-0.15, -0.1) is 0 Å². The lowest BCUT2D eigenvalue weighted by Gasteiger charge is -2.36. The van der Waals surface area contributed by atoms with Crippen molar-refractivity contribution in [1.29, 1.82) is 5.26 Å². The van der Waals surface area contributed by atoms with E-state index < -0.39 is 30.2 Å². The number of carbonyl (C=O) groups excluding carboxylic acids is 1. The Morgan fingerprint density at radius 2 is 1.76 bits per heavy atom. The Balaban J connectivity index is 1.56. The summed E-state index contributed by atoms with van der Waals surface area (Å²) >= 11 is 0.808. The number of rotatable bonds is 6. The molecule has 1 aromatic carbocycles. The molecule has 1 aliphatic rings. The van der Waals surface area contributed by atoms with E-state index in [2.05, 4.69) is 10.1 Å². The highest BCUT2D eigenvalue weighted by Gasteiger charge is 2.37. The Kier molecular flexibility index (Phi) is 8.63. The molecule has 0 saturated carbocycles. The summed E-state index contributed by atoms with van der Waals surface area (Å²) in [7, 11) is 0. The number of aryl methyl sites for hydroxylation is 2. The summed E-state index contributed by atoms with van der Waals surface area (Å²) in [6.07, 6.45) is -5.05. The fraction of sp³-hybridized carbons (Fsp3) is 0.433. The molecule has 4 aromatic rings. The predicted molar refractivity (Wildman–Crippen MR) is 163 cm³/mol. The molecular formula is C30H32F4N8O2S. The third-order valence-electron chi connectivity index (χ3n) is 7.06. The van der Waals surface area contributed by atoms with Gasteiger partial charge in [0.05, 0.1) is 0 Å². The number of anilines is 3. The van der Waals surface area contributed by atoms with Crippen LogP contribution in [0.2, 0.25) is 0 Å². The average Bonchev–Trinajstić information content (AvgIpc) is 3.57. The van der Waals surface area contributed by atoms with Gasteiger partial charge < -0.3 is 14.5 Å². The summed E-state index contributed by atoms with van der Waals surface area (Å²) in [6.45, 7) is 9.48. The average molecular weight is 645 g/mol. The fourth-order valence-corrected chi connectivity index (χ4v) is 5.92. The minimum Gasteiger partial charge on any atom is -0.444 e. The number of hydrogen-bond donors (Lipinski definition) is 0. The minimum absolute atomic E-state index is 0.0736. The summed E-state index contributed by atoms with van der Waals surface area (Å²) in [5.41, 5.74) is 1.34. The Hall–Kier alpha value is -4.45. The van der Waals surface area contributed by atoms with Gasteiger partial charge in [0.15, 0.2) is 10.9 Å². The molecule has 0 spiro atoms. The molecule has 0 N–H and O–H groups in total. The normalized spacial score (nSPS) is 14.1. The first-order valence-corrected chi connectivity index (χ1v) is 15.1. The van der Waals surface area contributed by atoms with Crippen molar-refractivity contribution in [2.75, 3.05) is 42.5 Å². The first-order valence-electron chi connectivity index (χ1n) is 14.3. The van der Waals surface area contributed by atoms with Gasteiger partial charge in [0.1, 0.15) is 51.5 Å². The first kappa shape index (κ1) is 32.0. The van der Waals surface area contributed by atoms with E-state index >= 15 is 0 Å². The summed E-state index contributed by atoms with van der Waals surface area (Å²) in [6, 6.07) is 9.10. The molecular weight excluding hydrogens is 612 g/mol. The maximum absolute atomic E-state index is 14.2. The Morgan fingerprint density at radius 1 is 1.09 bits per heavy atom. The summed E-state index contributed by atoms with van der Waals surface area (Å²) < 4.78 is 63.0. The number of hydrogen-bond acceptors (Lipinski definition) is 9. The van der Waals surface area contributed by atoms with Crippen LogP contribution in [-0.2, 0) is 11.3 Å². The third-order valence-corrected chi connectivity index (χ3v) is 8.04. The van der Waals surface area contributed by atoms with Crippen LogP contribution in [0, 0.1) is 24.1 Å². The van der Waals surface area contributed by atoms with Crippen molar-refractivity contribution < 1.29 is 27.1 Å². The third kappa shape index (κ3) is 6.95. The zero-order valence-corrected chi connectivity index (χ0v) is 26.3. The number of thiazole rings is 1. The summed E-state index contributed by atoms with van der Waals surface area (Å²) in [4.78, 5) is 26.5. The van der Waals surface area contributed by atoms with Crippen LogP contribution in [0.1, 0.15) is 38.1 Å². The first-order chi connectivity index (χ1) is 21.2. The quantitative estimate of drug-likeness (QED) is 0.215. The molecule has 0 radical (unpaired) electrons. The van der Waals surface area contributed by atoms with Crippen LogP contribution in [0.4, 0.5) is 39.1 Å². The Morgan fingerprint density at radius 3 is 2.33 bits per heavy atom. The molecule has 0 atom stereocenters. The molecule has 3 aromatic heterocycles. The van der Waals surface area contributed by atoms with Crippen molar-refractivity contribution in [3.05, 3.63) is 46.6 Å². The van der Waals surface area contributed by atoms with Gasteiger partial charge in [-0.1, -0.05) is 11.3 Å². The zero-order valence-electron chi connectivity index (χ0n) is 25.4. The molecule has 10 nitrogen and oxygen atoms in total. The lowest BCUT2D eigenvalue weighted by atomic mass is 10.1. The van der Waals surface area contributed by atoms with E-state index in [0.29, 0.717) is 48.6 Å². The second-order valence-corrected chi connectivity index (χ2v) is 12.6. The van der Waals surface area contributed by atoms with E-state index in [9.17, 15) is 27.6 Å². The van der Waals surface area contributed by atoms with Gasteiger partial charge in [-0.05, 0) is 70.5 Å². The standard InChI is InChI=1S/C30H32F4N8O2S/c1-6-42-26(41(17-30(32,33)34)27-37-24(21(16-35)45-27)19-7-9-20(31)10-8-19)25-23(38-42)18(2)15-22(36-25)39-11-13-40(14-12-39)28(43)44-29(3,4)5/h7-10,15H,6,11-14,17H2,1-5H3. The molecule has 238 valence electrons. The number of aromatic nitrogens is 4. The van der Waals surface area contributed by atoms with Gasteiger partial charge in [-0.3, -0.25) is 4.90 Å². The lowest BCUT2D eigenvalue weighted by molar-refractivity contribution is -0.118. The number of pyridine rings is 1. The van der Waals surface area contributed by atoms with E-state index in [1.165, 1.54) is 28.9 Å². The van der Waals surface area contributed by atoms with Crippen molar-refractivity contribution in [1.82, 2.24) is 24.6 Å². The lowest BCUT2D eigenvalue weighted by Crippen LogP contribution is -2.50. The fourth-order valence-electron chi connectivity index (χ4n) is 5.03. The van der Waals surface area contributed by atoms with Crippen LogP contribution >= 0.6 is 11.3 Å². The van der Waals surface area contributed by atoms with Crippen LogP contribution < -0.4 is 9.80 Å². The number of carbonyl (C=O) groups is 1. The number of ether oxygens (including phenoxy) is 1. The molecule has 0 aliphatic carbocycles. The molecule has 45 heavy (non-hydrogen) atoms. The maximum atomic E-state index is 14.2. The van der Waals surface area contributed by atoms with Gasteiger partial charge in [0, 0.05) is 38.3 Å². The van der Waals surface area contributed by atoms with Crippen molar-refractivity contribution in [2.45, 2.75) is 52.9 Å². The van der Waals surface area contributed by atoms with Gasteiger partial charge in [-0.25, -0.2) is 23.8 Å². The second kappa shape index (κ2) is 12.2. The molecule has 15 heteroatoms. The molecule has 1 aliphatic heterocycles. The van der Waals surface area contributed by atoms with Gasteiger partial charge in [-0.2, -0.15) is 23.5 Å². The monoisotopic (exact) mass is 644 g/mol. The maximum Gasteiger partial charge on any atom is 0.410 e. The second-order valence-electron chi connectivity index (χ2n) is 11.6. The van der Waals surface area contributed by atoms with E-state index in [-0.39, 0.29) is 33.6 Å². The number of benzene rings is 1. The van der Waals surface area contributed by atoms with Crippen molar-refractivity contribution in [2.24, 2.45) is 0 Å². The van der Waals surface area contributed by atoms with Crippen LogP contribution in [0.5, 0.6) is 0 Å². The van der Waals surface area contributed by atoms with Crippen LogP contribution in [-0.4, -0.2) is 75.2 Å². The van der Waals surface area contributed by atoms with Crippen LogP contribution in [0.15, 0.2) is 30.3 Å². The van der Waals surface area contributed by atoms with Crippen LogP contribution in [0.25, 0.3) is 22.3 Å². The highest BCUT2D eigenvalue weighted by Crippen LogP contribution is 2.41. The molecule has 1 amide bonds. The van der Waals surface area contributed by atoms with Gasteiger partial charge >= 0.3 is 12.3 Å². The van der Waals surface area contributed by atoms with Crippen LogP contribution in [0.3, 0.4) is 0 Å². The highest BCUT2D eigenvalue weighted by atomic mass is 32.1. The minimum atomic E-state index is -4.64. The molecule has 4 heterocycles. The Bertz CT molecular complexity index is 1750. The van der Waals surface area contributed by atoms with Crippen molar-refractivity contribution in [3.8, 4) is 17.3 Å². The van der Waals surface area contributed by atoms with Crippen molar-refractivity contribution in [3.63, 3.8) is 0 Å². The topological polar surface area (TPSA) is 103 Å². The molecule has 1 fully saturated rings. The van der Waals surface area contributed by atoms with Gasteiger partial charge in [0.25, 0.3) is 0 Å². The van der Waals surface area contributed by atoms with Gasteiger partial charge in [0.2, 0.25) is 0 Å². The number of fused-ring (bicyclic) bond motifs is 1. The Labute approximate surface area is 261 Å². The SMILES string of the molecule is CCn1nc2c(C)cc(N3CCN(C(=O)OC(C)(C)C)CC3)nc2c1N(CC(F)(F)F)c1nc(-c2ccc(F)cc2)c(C#N)s1. The van der Waals surface area contributed by atoms with E-state index in [4.69, 9.17) is 9.72 Å². The molecule has 5 rings (SSSR count). The highest BCUT2D eigenvalue weighted by molar-refractivity contribution is 7.16. The van der Waals surface area contributed by atoms with E-state index in [0.717, 1.165) is 16.2 Å². The van der Waals surface area contributed by atoms with Crippen molar-refractivity contribution >= 4 is 45.2 Å². The number of nitrogens with zero attached hydrogens (tertiary/aromatic N) is 8. The number of nitriles is 1. The van der Waals surface area contributed by atoms with E-state index in [1.807, 2.05) is 24.0 Å². The number of halogens is 4. The van der Waals surface area contributed by atoms with E-state index in [1.54, 1.807) is 32.6 Å². The summed E-state index contributed by atoms with van der Waals surface area (Å²) in [5.74, 6) is 0.135. The zero-order chi connectivity index (χ0) is 32.7. The number of piperazine rings is 1. The smallest absolute Gasteiger partial charge is 0.410 e. The summed E-state index contributed by atoms with van der Waals surface area (Å²) in [5, 5.41) is 14.4. The molecule has 1 saturated heterocycles. The predicted octanol–water partition coefficient (Wildman–Crippen LogP) is 6.65. The largest absolute Gasteiger partial charge is 0.444 e.